The van der Waals surface area contributed by atoms with E-state index >= 15 is 0 Å². The highest BCUT2D eigenvalue weighted by Crippen LogP contribution is 2.35. The SMILES string of the molecule is O=C(NCCOCc1ccccc1)[C@H]1CN(S(=O)(=O)Cc2ccccc2)c2ccccc2O1. The third-order valence-electron chi connectivity index (χ3n) is 5.21. The topological polar surface area (TPSA) is 84.9 Å². The molecule has 0 unspecified atom stereocenters. The van der Waals surface area contributed by atoms with E-state index in [1.165, 1.54) is 4.31 Å². The molecule has 7 nitrogen and oxygen atoms in total. The lowest BCUT2D eigenvalue weighted by molar-refractivity contribution is -0.128. The summed E-state index contributed by atoms with van der Waals surface area (Å²) in [4.78, 5) is 12.8. The smallest absolute Gasteiger partial charge is 0.263 e. The van der Waals surface area contributed by atoms with Gasteiger partial charge in [-0.15, -0.1) is 0 Å². The second-order valence-electron chi connectivity index (χ2n) is 7.68. The number of hydrogen-bond donors (Lipinski definition) is 1. The first-order chi connectivity index (χ1) is 16.0. The molecule has 8 heteroatoms. The number of carbonyl (C=O) groups is 1. The Labute approximate surface area is 194 Å². The van der Waals surface area contributed by atoms with Gasteiger partial charge in [-0.05, 0) is 23.3 Å². The first-order valence-corrected chi connectivity index (χ1v) is 12.3. The van der Waals surface area contributed by atoms with E-state index in [-0.39, 0.29) is 18.2 Å². The summed E-state index contributed by atoms with van der Waals surface area (Å²) in [7, 11) is -3.73. The summed E-state index contributed by atoms with van der Waals surface area (Å²) in [6.45, 7) is 0.988. The van der Waals surface area contributed by atoms with Crippen LogP contribution in [0.4, 0.5) is 5.69 Å². The van der Waals surface area contributed by atoms with Gasteiger partial charge in [0.25, 0.3) is 5.91 Å². The van der Waals surface area contributed by atoms with Gasteiger partial charge < -0.3 is 14.8 Å². The van der Waals surface area contributed by atoms with Crippen molar-refractivity contribution in [1.82, 2.24) is 5.32 Å². The summed E-state index contributed by atoms with van der Waals surface area (Å²) in [5, 5.41) is 2.78. The lowest BCUT2D eigenvalue weighted by atomic mass is 10.2. The molecule has 0 aliphatic carbocycles. The van der Waals surface area contributed by atoms with Gasteiger partial charge in [-0.1, -0.05) is 72.8 Å². The molecular formula is C25H26N2O5S. The van der Waals surface area contributed by atoms with Crippen LogP contribution in [0, 0.1) is 0 Å². The number of anilines is 1. The average molecular weight is 467 g/mol. The molecular weight excluding hydrogens is 440 g/mol. The second kappa shape index (κ2) is 10.5. The summed E-state index contributed by atoms with van der Waals surface area (Å²) < 4.78 is 39.2. The molecule has 0 saturated heterocycles. The van der Waals surface area contributed by atoms with Crippen molar-refractivity contribution in [3.05, 3.63) is 96.1 Å². The van der Waals surface area contributed by atoms with E-state index in [1.54, 1.807) is 48.5 Å². The highest BCUT2D eigenvalue weighted by molar-refractivity contribution is 7.92. The van der Waals surface area contributed by atoms with Gasteiger partial charge >= 0.3 is 0 Å². The molecule has 0 saturated carbocycles. The summed E-state index contributed by atoms with van der Waals surface area (Å²) in [6.07, 6.45) is -0.959. The lowest BCUT2D eigenvalue weighted by Gasteiger charge is -2.34. The van der Waals surface area contributed by atoms with E-state index in [1.807, 2.05) is 36.4 Å². The number of rotatable bonds is 9. The molecule has 1 N–H and O–H groups in total. The van der Waals surface area contributed by atoms with Crippen LogP contribution in [-0.4, -0.2) is 40.1 Å². The molecule has 4 rings (SSSR count). The van der Waals surface area contributed by atoms with Crippen molar-refractivity contribution in [2.75, 3.05) is 24.0 Å². The zero-order valence-electron chi connectivity index (χ0n) is 18.1. The predicted octanol–water partition coefficient (Wildman–Crippen LogP) is 3.12. The van der Waals surface area contributed by atoms with Crippen LogP contribution >= 0.6 is 0 Å². The molecule has 3 aromatic carbocycles. The number of carbonyl (C=O) groups excluding carboxylic acids is 1. The molecule has 172 valence electrons. The standard InChI is InChI=1S/C25H26N2O5S/c28-25(26-15-16-31-18-20-9-3-1-4-10-20)24-17-27(22-13-7-8-14-23(22)32-24)33(29,30)19-21-11-5-2-6-12-21/h1-14,24H,15-19H2,(H,26,28)/t24-/m1/s1. The molecule has 3 aromatic rings. The number of fused-ring (bicyclic) bond motifs is 1. The largest absolute Gasteiger partial charge is 0.476 e. The minimum atomic E-state index is -3.73. The van der Waals surface area contributed by atoms with Gasteiger partial charge in [0.1, 0.15) is 5.75 Å². The van der Waals surface area contributed by atoms with Crippen molar-refractivity contribution in [3.8, 4) is 5.75 Å². The van der Waals surface area contributed by atoms with Gasteiger partial charge in [0.2, 0.25) is 10.0 Å². The van der Waals surface area contributed by atoms with Crippen LogP contribution in [-0.2, 0) is 31.9 Å². The van der Waals surface area contributed by atoms with Crippen molar-refractivity contribution < 1.29 is 22.7 Å². The lowest BCUT2D eigenvalue weighted by Crippen LogP contribution is -2.51. The van der Waals surface area contributed by atoms with Gasteiger partial charge in [-0.3, -0.25) is 9.10 Å². The fourth-order valence-corrected chi connectivity index (χ4v) is 5.17. The van der Waals surface area contributed by atoms with Gasteiger partial charge in [-0.25, -0.2) is 8.42 Å². The zero-order valence-corrected chi connectivity index (χ0v) is 18.9. The van der Waals surface area contributed by atoms with Crippen LogP contribution in [0.25, 0.3) is 0 Å². The van der Waals surface area contributed by atoms with Crippen molar-refractivity contribution in [1.29, 1.82) is 0 Å². The number of amides is 1. The second-order valence-corrected chi connectivity index (χ2v) is 9.57. The van der Waals surface area contributed by atoms with Crippen LogP contribution in [0.1, 0.15) is 11.1 Å². The van der Waals surface area contributed by atoms with Gasteiger partial charge in [0.05, 0.1) is 31.2 Å². The molecule has 1 aliphatic heterocycles. The van der Waals surface area contributed by atoms with Crippen molar-refractivity contribution >= 4 is 21.6 Å². The average Bonchev–Trinajstić information content (AvgIpc) is 2.84. The molecule has 0 fully saturated rings. The molecule has 0 spiro atoms. The number of ether oxygens (including phenoxy) is 2. The Hall–Kier alpha value is -3.36. The Morgan fingerprint density at radius 2 is 1.58 bits per heavy atom. The van der Waals surface area contributed by atoms with Crippen LogP contribution in [0.15, 0.2) is 84.9 Å². The van der Waals surface area contributed by atoms with Gasteiger partial charge in [-0.2, -0.15) is 0 Å². The number of para-hydroxylation sites is 2. The summed E-state index contributed by atoms with van der Waals surface area (Å²) in [5.41, 5.74) is 2.16. The summed E-state index contributed by atoms with van der Waals surface area (Å²) in [5.74, 6) is -0.183. The molecule has 1 amide bonds. The maximum absolute atomic E-state index is 13.2. The zero-order chi connectivity index (χ0) is 23.1. The number of benzene rings is 3. The quantitative estimate of drug-likeness (QED) is 0.490. The Morgan fingerprint density at radius 1 is 0.939 bits per heavy atom. The van der Waals surface area contributed by atoms with E-state index < -0.39 is 16.1 Å². The van der Waals surface area contributed by atoms with Crippen molar-refractivity contribution in [2.45, 2.75) is 18.5 Å². The number of nitrogens with zero attached hydrogens (tertiary/aromatic N) is 1. The van der Waals surface area contributed by atoms with E-state index in [2.05, 4.69) is 5.32 Å². The monoisotopic (exact) mass is 466 g/mol. The molecule has 1 atom stereocenters. The van der Waals surface area contributed by atoms with Crippen molar-refractivity contribution in [2.24, 2.45) is 0 Å². The Bertz CT molecular complexity index is 1170. The van der Waals surface area contributed by atoms with E-state index in [0.717, 1.165) is 5.56 Å². The predicted molar refractivity (Wildman–Crippen MR) is 126 cm³/mol. The number of nitrogens with one attached hydrogen (secondary N) is 1. The van der Waals surface area contributed by atoms with Gasteiger partial charge in [0, 0.05) is 6.54 Å². The Kier molecular flexibility index (Phi) is 7.26. The Morgan fingerprint density at radius 3 is 2.30 bits per heavy atom. The van der Waals surface area contributed by atoms with E-state index in [4.69, 9.17) is 9.47 Å². The van der Waals surface area contributed by atoms with Crippen LogP contribution < -0.4 is 14.4 Å². The van der Waals surface area contributed by atoms with Crippen molar-refractivity contribution in [3.63, 3.8) is 0 Å². The molecule has 0 bridgehead atoms. The fourth-order valence-electron chi connectivity index (χ4n) is 3.59. The number of sulfonamides is 1. The maximum atomic E-state index is 13.2. The molecule has 0 aromatic heterocycles. The van der Waals surface area contributed by atoms with Crippen LogP contribution in [0.5, 0.6) is 5.75 Å². The first kappa shape index (κ1) is 22.8. The molecule has 1 heterocycles. The van der Waals surface area contributed by atoms with E-state index in [9.17, 15) is 13.2 Å². The van der Waals surface area contributed by atoms with Crippen LogP contribution in [0.2, 0.25) is 0 Å². The summed E-state index contributed by atoms with van der Waals surface area (Å²) >= 11 is 0. The molecule has 1 aliphatic rings. The minimum absolute atomic E-state index is 0.0944. The third-order valence-corrected chi connectivity index (χ3v) is 6.93. The highest BCUT2D eigenvalue weighted by atomic mass is 32.2. The minimum Gasteiger partial charge on any atom is -0.476 e. The maximum Gasteiger partial charge on any atom is 0.263 e. The van der Waals surface area contributed by atoms with Gasteiger partial charge in [0.15, 0.2) is 6.10 Å². The first-order valence-electron chi connectivity index (χ1n) is 10.7. The normalized spacial score (nSPS) is 15.4. The third kappa shape index (κ3) is 5.91. The molecule has 33 heavy (non-hydrogen) atoms. The highest BCUT2D eigenvalue weighted by Gasteiger charge is 2.36. The molecule has 0 radical (unpaired) electrons. The fraction of sp³-hybridized carbons (Fsp3) is 0.240. The van der Waals surface area contributed by atoms with Crippen LogP contribution in [0.3, 0.4) is 0 Å². The Balaban J connectivity index is 1.38. The summed E-state index contributed by atoms with van der Waals surface area (Å²) in [6, 6.07) is 25.6. The number of hydrogen-bond acceptors (Lipinski definition) is 5. The van der Waals surface area contributed by atoms with E-state index in [0.29, 0.717) is 36.8 Å².